The van der Waals surface area contributed by atoms with Crippen molar-refractivity contribution in [3.8, 4) is 0 Å². The molecule has 1 atom stereocenters. The minimum absolute atomic E-state index is 0.162. The summed E-state index contributed by atoms with van der Waals surface area (Å²) in [5.41, 5.74) is 0.888. The average molecular weight is 221 g/mol. The monoisotopic (exact) mass is 221 g/mol. The number of nitrogens with one attached hydrogen (secondary N) is 2. The summed E-state index contributed by atoms with van der Waals surface area (Å²) in [5, 5.41) is 15.3. The van der Waals surface area contributed by atoms with Crippen LogP contribution in [0.1, 0.15) is 11.7 Å². The number of hydrogen-bond acceptors (Lipinski definition) is 3. The van der Waals surface area contributed by atoms with Gasteiger partial charge in [0.1, 0.15) is 0 Å². The maximum Gasteiger partial charge on any atom is 0.316 e. The number of aliphatic hydroxyl groups is 1. The lowest BCUT2D eigenvalue weighted by atomic mass is 10.1. The number of nitrogens with zero attached hydrogens (tertiary/aromatic N) is 1. The average Bonchev–Trinajstić information content (AvgIpc) is 2.33. The standard InChI is InChI=1S/C11H15N3O2/c15-10(9-4-2-1-3-5-9)6-14-7-12-11(16)13-8-14/h1-5,10,15H,6-8H2,(H2,12,13,16). The number of amides is 2. The molecule has 16 heavy (non-hydrogen) atoms. The molecule has 5 heteroatoms. The van der Waals surface area contributed by atoms with E-state index in [4.69, 9.17) is 0 Å². The van der Waals surface area contributed by atoms with Gasteiger partial charge in [-0.15, -0.1) is 0 Å². The molecule has 1 heterocycles. The SMILES string of the molecule is O=C1NCN(CC(O)c2ccccc2)CN1. The normalized spacial score (nSPS) is 18.7. The van der Waals surface area contributed by atoms with E-state index in [-0.39, 0.29) is 6.03 Å². The lowest BCUT2D eigenvalue weighted by Gasteiger charge is -2.29. The Hall–Kier alpha value is -1.59. The highest BCUT2D eigenvalue weighted by Gasteiger charge is 2.17. The Morgan fingerprint density at radius 2 is 1.88 bits per heavy atom. The molecule has 1 aliphatic rings. The van der Waals surface area contributed by atoms with Crippen molar-refractivity contribution >= 4 is 6.03 Å². The molecular formula is C11H15N3O2. The zero-order chi connectivity index (χ0) is 11.4. The first-order valence-electron chi connectivity index (χ1n) is 5.23. The molecule has 3 N–H and O–H groups in total. The lowest BCUT2D eigenvalue weighted by molar-refractivity contribution is 0.0960. The van der Waals surface area contributed by atoms with E-state index in [1.165, 1.54) is 0 Å². The van der Waals surface area contributed by atoms with Crippen LogP contribution in [0.3, 0.4) is 0 Å². The van der Waals surface area contributed by atoms with Gasteiger partial charge in [-0.1, -0.05) is 30.3 Å². The van der Waals surface area contributed by atoms with Crippen LogP contribution in [0.4, 0.5) is 4.79 Å². The third-order valence-electron chi connectivity index (χ3n) is 2.54. The number of aliphatic hydroxyl groups excluding tert-OH is 1. The number of rotatable bonds is 3. The fourth-order valence-corrected chi connectivity index (χ4v) is 1.64. The lowest BCUT2D eigenvalue weighted by Crippen LogP contribution is -2.54. The molecule has 1 unspecified atom stereocenters. The predicted octanol–water partition coefficient (Wildman–Crippen LogP) is 0.250. The Bertz CT molecular complexity index is 346. The molecule has 2 rings (SSSR count). The van der Waals surface area contributed by atoms with Crippen molar-refractivity contribution < 1.29 is 9.90 Å². The maximum atomic E-state index is 10.9. The van der Waals surface area contributed by atoms with Crippen LogP contribution in [0.2, 0.25) is 0 Å². The van der Waals surface area contributed by atoms with Crippen molar-refractivity contribution in [3.05, 3.63) is 35.9 Å². The molecule has 0 spiro atoms. The van der Waals surface area contributed by atoms with Crippen LogP contribution in [0, 0.1) is 0 Å². The number of β-amino-alcohol motifs (C(OH)–C–C–N with tert-alkyl or cyclic N) is 1. The van der Waals surface area contributed by atoms with Crippen molar-refractivity contribution in [3.63, 3.8) is 0 Å². The van der Waals surface area contributed by atoms with Crippen LogP contribution >= 0.6 is 0 Å². The van der Waals surface area contributed by atoms with Crippen LogP contribution in [0.25, 0.3) is 0 Å². The fourth-order valence-electron chi connectivity index (χ4n) is 1.64. The molecule has 1 aromatic carbocycles. The minimum atomic E-state index is -0.530. The van der Waals surface area contributed by atoms with E-state index in [0.717, 1.165) is 5.56 Å². The Balaban J connectivity index is 1.88. The van der Waals surface area contributed by atoms with Crippen molar-refractivity contribution in [2.45, 2.75) is 6.10 Å². The molecule has 2 amide bonds. The summed E-state index contributed by atoms with van der Waals surface area (Å²) < 4.78 is 0. The van der Waals surface area contributed by atoms with Gasteiger partial charge in [0.25, 0.3) is 0 Å². The van der Waals surface area contributed by atoms with E-state index in [2.05, 4.69) is 10.6 Å². The predicted molar refractivity (Wildman–Crippen MR) is 59.5 cm³/mol. The topological polar surface area (TPSA) is 64.6 Å². The van der Waals surface area contributed by atoms with Crippen LogP contribution in [0.15, 0.2) is 30.3 Å². The highest BCUT2D eigenvalue weighted by Crippen LogP contribution is 2.13. The van der Waals surface area contributed by atoms with Crippen LogP contribution < -0.4 is 10.6 Å². The molecule has 1 fully saturated rings. The fraction of sp³-hybridized carbons (Fsp3) is 0.364. The molecule has 5 nitrogen and oxygen atoms in total. The minimum Gasteiger partial charge on any atom is -0.387 e. The van der Waals surface area contributed by atoms with Crippen molar-refractivity contribution in [1.82, 2.24) is 15.5 Å². The highest BCUT2D eigenvalue weighted by molar-refractivity contribution is 5.74. The third kappa shape index (κ3) is 2.71. The summed E-state index contributed by atoms with van der Waals surface area (Å²) >= 11 is 0. The first-order valence-corrected chi connectivity index (χ1v) is 5.23. The second kappa shape index (κ2) is 4.96. The summed E-state index contributed by atoms with van der Waals surface area (Å²) in [6, 6.07) is 9.33. The van der Waals surface area contributed by atoms with Gasteiger partial charge in [0, 0.05) is 6.54 Å². The second-order valence-corrected chi connectivity index (χ2v) is 3.78. The number of carbonyl (C=O) groups is 1. The first-order chi connectivity index (χ1) is 7.75. The van der Waals surface area contributed by atoms with E-state index in [1.807, 2.05) is 35.2 Å². The molecule has 0 bridgehead atoms. The largest absolute Gasteiger partial charge is 0.387 e. The van der Waals surface area contributed by atoms with Gasteiger partial charge in [-0.3, -0.25) is 4.90 Å². The zero-order valence-corrected chi connectivity index (χ0v) is 8.89. The van der Waals surface area contributed by atoms with E-state index >= 15 is 0 Å². The van der Waals surface area contributed by atoms with E-state index in [9.17, 15) is 9.90 Å². The summed E-state index contributed by atoms with van der Waals surface area (Å²) in [4.78, 5) is 12.8. The van der Waals surface area contributed by atoms with Gasteiger partial charge in [-0.25, -0.2) is 4.79 Å². The molecule has 0 aromatic heterocycles. The van der Waals surface area contributed by atoms with Gasteiger partial charge in [-0.05, 0) is 5.56 Å². The van der Waals surface area contributed by atoms with Crippen molar-refractivity contribution in [1.29, 1.82) is 0 Å². The third-order valence-corrected chi connectivity index (χ3v) is 2.54. The summed E-state index contributed by atoms with van der Waals surface area (Å²) in [7, 11) is 0. The molecular weight excluding hydrogens is 206 g/mol. The Kier molecular flexibility index (Phi) is 3.38. The Morgan fingerprint density at radius 3 is 2.50 bits per heavy atom. The van der Waals surface area contributed by atoms with E-state index in [1.54, 1.807) is 0 Å². The molecule has 1 aromatic rings. The molecule has 1 aliphatic heterocycles. The smallest absolute Gasteiger partial charge is 0.316 e. The van der Waals surface area contributed by atoms with Gasteiger partial charge in [-0.2, -0.15) is 0 Å². The maximum absolute atomic E-state index is 10.9. The van der Waals surface area contributed by atoms with Crippen molar-refractivity contribution in [2.75, 3.05) is 19.9 Å². The summed E-state index contributed by atoms with van der Waals surface area (Å²) in [5.74, 6) is 0. The Morgan fingerprint density at radius 1 is 1.25 bits per heavy atom. The number of carbonyl (C=O) groups excluding carboxylic acids is 1. The number of urea groups is 1. The van der Waals surface area contributed by atoms with E-state index in [0.29, 0.717) is 19.9 Å². The summed E-state index contributed by atoms with van der Waals surface area (Å²) in [6.07, 6.45) is -0.530. The molecule has 0 aliphatic carbocycles. The van der Waals surface area contributed by atoms with Gasteiger partial charge in [0.15, 0.2) is 0 Å². The van der Waals surface area contributed by atoms with Gasteiger partial charge < -0.3 is 15.7 Å². The van der Waals surface area contributed by atoms with Gasteiger partial charge >= 0.3 is 6.03 Å². The van der Waals surface area contributed by atoms with Crippen LogP contribution in [-0.4, -0.2) is 35.9 Å². The van der Waals surface area contributed by atoms with Crippen molar-refractivity contribution in [2.24, 2.45) is 0 Å². The molecule has 86 valence electrons. The van der Waals surface area contributed by atoms with E-state index < -0.39 is 6.10 Å². The Labute approximate surface area is 94.1 Å². The number of benzene rings is 1. The quantitative estimate of drug-likeness (QED) is 0.685. The van der Waals surface area contributed by atoms with Gasteiger partial charge in [0.05, 0.1) is 19.4 Å². The summed E-state index contributed by atoms with van der Waals surface area (Å²) in [6.45, 7) is 1.43. The van der Waals surface area contributed by atoms with Crippen LogP contribution in [-0.2, 0) is 0 Å². The zero-order valence-electron chi connectivity index (χ0n) is 8.89. The van der Waals surface area contributed by atoms with Crippen LogP contribution in [0.5, 0.6) is 0 Å². The molecule has 0 radical (unpaired) electrons. The van der Waals surface area contributed by atoms with Gasteiger partial charge in [0.2, 0.25) is 0 Å². The highest BCUT2D eigenvalue weighted by atomic mass is 16.3. The molecule has 0 saturated carbocycles. The second-order valence-electron chi connectivity index (χ2n) is 3.78. The number of hydrogen-bond donors (Lipinski definition) is 3. The first kappa shape index (κ1) is 10.9. The molecule has 1 saturated heterocycles.